The summed E-state index contributed by atoms with van der Waals surface area (Å²) in [7, 11) is 0. The molecule has 0 aliphatic carbocycles. The number of hydrogen-bond acceptors (Lipinski definition) is 3. The second-order valence-corrected chi connectivity index (χ2v) is 5.92. The van der Waals surface area contributed by atoms with Crippen LogP contribution in [0.15, 0.2) is 40.9 Å². The van der Waals surface area contributed by atoms with E-state index in [1.54, 1.807) is 0 Å². The zero-order chi connectivity index (χ0) is 14.1. The molecule has 1 heterocycles. The summed E-state index contributed by atoms with van der Waals surface area (Å²) >= 11 is 9.68. The first-order valence-electron chi connectivity index (χ1n) is 6.24. The maximum atomic E-state index is 6.27. The van der Waals surface area contributed by atoms with Crippen LogP contribution in [0.3, 0.4) is 0 Å². The third-order valence-electron chi connectivity index (χ3n) is 3.18. The van der Waals surface area contributed by atoms with E-state index in [2.05, 4.69) is 28.2 Å². The molecule has 1 unspecified atom stereocenters. The molecule has 20 heavy (non-hydrogen) atoms. The molecule has 3 nitrogen and oxygen atoms in total. The van der Waals surface area contributed by atoms with Crippen molar-refractivity contribution in [2.24, 2.45) is 0 Å². The van der Waals surface area contributed by atoms with Crippen molar-refractivity contribution in [2.45, 2.75) is 13.0 Å². The van der Waals surface area contributed by atoms with Crippen molar-refractivity contribution in [3.63, 3.8) is 0 Å². The Morgan fingerprint density at radius 2 is 1.95 bits per heavy atom. The van der Waals surface area contributed by atoms with E-state index in [0.717, 1.165) is 32.2 Å². The van der Waals surface area contributed by atoms with Gasteiger partial charge in [0.15, 0.2) is 11.5 Å². The zero-order valence-electron chi connectivity index (χ0n) is 10.8. The minimum Gasteiger partial charge on any atom is -0.454 e. The maximum Gasteiger partial charge on any atom is 0.231 e. The van der Waals surface area contributed by atoms with Crippen LogP contribution in [0.1, 0.15) is 18.5 Å². The fourth-order valence-electron chi connectivity index (χ4n) is 2.17. The zero-order valence-corrected chi connectivity index (χ0v) is 13.2. The van der Waals surface area contributed by atoms with Gasteiger partial charge in [-0.2, -0.15) is 0 Å². The maximum absolute atomic E-state index is 6.27. The molecule has 0 amide bonds. The van der Waals surface area contributed by atoms with E-state index in [0.29, 0.717) is 0 Å². The van der Waals surface area contributed by atoms with Gasteiger partial charge in [0.2, 0.25) is 6.79 Å². The van der Waals surface area contributed by atoms with Gasteiger partial charge in [0.25, 0.3) is 0 Å². The van der Waals surface area contributed by atoms with Gasteiger partial charge in [-0.15, -0.1) is 0 Å². The van der Waals surface area contributed by atoms with Crippen LogP contribution in [-0.2, 0) is 0 Å². The molecule has 0 radical (unpaired) electrons. The Labute approximate surface area is 131 Å². The van der Waals surface area contributed by atoms with Gasteiger partial charge in [-0.05, 0) is 36.8 Å². The number of anilines is 1. The van der Waals surface area contributed by atoms with Gasteiger partial charge in [-0.25, -0.2) is 0 Å². The van der Waals surface area contributed by atoms with Gasteiger partial charge >= 0.3 is 0 Å². The van der Waals surface area contributed by atoms with Crippen molar-refractivity contribution in [1.29, 1.82) is 0 Å². The molecule has 1 N–H and O–H groups in total. The number of rotatable bonds is 3. The molecule has 0 bridgehead atoms. The van der Waals surface area contributed by atoms with Crippen LogP contribution >= 0.6 is 27.5 Å². The van der Waals surface area contributed by atoms with Gasteiger partial charge in [0.1, 0.15) is 0 Å². The molecular formula is C15H13BrClNO2. The lowest BCUT2D eigenvalue weighted by molar-refractivity contribution is 0.174. The summed E-state index contributed by atoms with van der Waals surface area (Å²) in [6.45, 7) is 2.35. The molecule has 3 rings (SSSR count). The predicted octanol–water partition coefficient (Wildman–Crippen LogP) is 5.00. The lowest BCUT2D eigenvalue weighted by atomic mass is 10.1. The SMILES string of the molecule is CC(Nc1ccc2c(c1)OCO2)c1ccc(Br)cc1Cl. The fraction of sp³-hybridized carbons (Fsp3) is 0.200. The van der Waals surface area contributed by atoms with Crippen LogP contribution in [0, 0.1) is 0 Å². The molecule has 0 spiro atoms. The van der Waals surface area contributed by atoms with Crippen molar-refractivity contribution in [1.82, 2.24) is 0 Å². The standard InChI is InChI=1S/C15H13BrClNO2/c1-9(12-4-2-10(16)6-13(12)17)18-11-3-5-14-15(7-11)20-8-19-14/h2-7,9,18H,8H2,1H3. The number of nitrogens with one attached hydrogen (secondary N) is 1. The van der Waals surface area contributed by atoms with E-state index in [1.165, 1.54) is 0 Å². The second kappa shape index (κ2) is 5.54. The van der Waals surface area contributed by atoms with E-state index >= 15 is 0 Å². The van der Waals surface area contributed by atoms with E-state index in [1.807, 2.05) is 36.4 Å². The van der Waals surface area contributed by atoms with Crippen LogP contribution in [-0.4, -0.2) is 6.79 Å². The normalized spacial score (nSPS) is 14.2. The quantitative estimate of drug-likeness (QED) is 0.841. The molecule has 5 heteroatoms. The second-order valence-electron chi connectivity index (χ2n) is 4.60. The Hall–Kier alpha value is -1.39. The average molecular weight is 355 g/mol. The Balaban J connectivity index is 1.80. The third kappa shape index (κ3) is 2.72. The largest absolute Gasteiger partial charge is 0.454 e. The molecule has 0 saturated carbocycles. The van der Waals surface area contributed by atoms with Gasteiger partial charge in [0, 0.05) is 27.3 Å². The predicted molar refractivity (Wildman–Crippen MR) is 83.8 cm³/mol. The topological polar surface area (TPSA) is 30.5 Å². The van der Waals surface area contributed by atoms with Crippen molar-refractivity contribution in [3.05, 3.63) is 51.5 Å². The molecular weight excluding hydrogens is 342 g/mol. The average Bonchev–Trinajstić information content (AvgIpc) is 2.85. The number of fused-ring (bicyclic) bond motifs is 1. The van der Waals surface area contributed by atoms with Crippen LogP contribution < -0.4 is 14.8 Å². The molecule has 104 valence electrons. The molecule has 0 saturated heterocycles. The number of benzene rings is 2. The summed E-state index contributed by atoms with van der Waals surface area (Å²) in [5.74, 6) is 1.55. The first-order chi connectivity index (χ1) is 9.63. The Morgan fingerprint density at radius 1 is 1.15 bits per heavy atom. The first kappa shape index (κ1) is 13.6. The van der Waals surface area contributed by atoms with E-state index in [-0.39, 0.29) is 12.8 Å². The molecule has 1 aliphatic heterocycles. The number of ether oxygens (including phenoxy) is 2. The van der Waals surface area contributed by atoms with Gasteiger partial charge < -0.3 is 14.8 Å². The Bertz CT molecular complexity index is 648. The van der Waals surface area contributed by atoms with E-state index in [9.17, 15) is 0 Å². The van der Waals surface area contributed by atoms with Crippen LogP contribution in [0.2, 0.25) is 5.02 Å². The summed E-state index contributed by atoms with van der Waals surface area (Å²) < 4.78 is 11.6. The monoisotopic (exact) mass is 353 g/mol. The molecule has 1 aliphatic rings. The van der Waals surface area contributed by atoms with Crippen molar-refractivity contribution < 1.29 is 9.47 Å². The minimum absolute atomic E-state index is 0.0935. The molecule has 0 fully saturated rings. The lowest BCUT2D eigenvalue weighted by Gasteiger charge is -2.17. The van der Waals surface area contributed by atoms with Crippen LogP contribution in [0.5, 0.6) is 11.5 Å². The number of hydrogen-bond donors (Lipinski definition) is 1. The van der Waals surface area contributed by atoms with Crippen LogP contribution in [0.25, 0.3) is 0 Å². The van der Waals surface area contributed by atoms with Gasteiger partial charge in [0.05, 0.1) is 0 Å². The fourth-order valence-corrected chi connectivity index (χ4v) is 3.00. The van der Waals surface area contributed by atoms with E-state index < -0.39 is 0 Å². The lowest BCUT2D eigenvalue weighted by Crippen LogP contribution is -2.07. The molecule has 2 aromatic carbocycles. The first-order valence-corrected chi connectivity index (χ1v) is 7.42. The summed E-state index contributed by atoms with van der Waals surface area (Å²) in [6, 6.07) is 11.8. The molecule has 2 aromatic rings. The van der Waals surface area contributed by atoms with Gasteiger partial charge in [-0.1, -0.05) is 33.6 Å². The van der Waals surface area contributed by atoms with Gasteiger partial charge in [-0.3, -0.25) is 0 Å². The van der Waals surface area contributed by atoms with Crippen molar-refractivity contribution in [3.8, 4) is 11.5 Å². The number of halogens is 2. The summed E-state index contributed by atoms with van der Waals surface area (Å²) in [5, 5.41) is 4.15. The van der Waals surface area contributed by atoms with Crippen molar-refractivity contribution >= 4 is 33.2 Å². The van der Waals surface area contributed by atoms with Crippen LogP contribution in [0.4, 0.5) is 5.69 Å². The van der Waals surface area contributed by atoms with Crippen molar-refractivity contribution in [2.75, 3.05) is 12.1 Å². The Kier molecular flexibility index (Phi) is 3.76. The Morgan fingerprint density at radius 3 is 2.75 bits per heavy atom. The highest BCUT2D eigenvalue weighted by atomic mass is 79.9. The highest BCUT2D eigenvalue weighted by molar-refractivity contribution is 9.10. The van der Waals surface area contributed by atoms with E-state index in [4.69, 9.17) is 21.1 Å². The summed E-state index contributed by atoms with van der Waals surface area (Å²) in [5.41, 5.74) is 2.02. The minimum atomic E-state index is 0.0935. The smallest absolute Gasteiger partial charge is 0.231 e. The highest BCUT2D eigenvalue weighted by Crippen LogP contribution is 2.36. The summed E-state index contributed by atoms with van der Waals surface area (Å²) in [6.07, 6.45) is 0. The molecule has 0 aromatic heterocycles. The molecule has 1 atom stereocenters. The highest BCUT2D eigenvalue weighted by Gasteiger charge is 2.15. The third-order valence-corrected chi connectivity index (χ3v) is 4.01. The summed E-state index contributed by atoms with van der Waals surface area (Å²) in [4.78, 5) is 0.